The van der Waals surface area contributed by atoms with Gasteiger partial charge in [0.2, 0.25) is 0 Å². The molecule has 0 aromatic heterocycles. The smallest absolute Gasteiger partial charge is 0.313 e. The Bertz CT molecular complexity index is 989. The molecule has 0 saturated carbocycles. The van der Waals surface area contributed by atoms with Gasteiger partial charge in [-0.3, -0.25) is 19.7 Å². The molecule has 1 aliphatic heterocycles. The molecule has 0 fully saturated rings. The number of anilines is 1. The number of likely N-dealkylation sites (N-methyl/N-ethyl adjacent to an activating group) is 1. The van der Waals surface area contributed by atoms with E-state index in [1.165, 1.54) is 12.1 Å². The van der Waals surface area contributed by atoms with Crippen LogP contribution in [0.15, 0.2) is 36.4 Å². The summed E-state index contributed by atoms with van der Waals surface area (Å²) in [6.07, 6.45) is 0.841. The number of hydrogen-bond donors (Lipinski definition) is 2. The number of nitro benzene ring substituents is 1. The second kappa shape index (κ2) is 8.91. The predicted octanol–water partition coefficient (Wildman–Crippen LogP) is 2.20. The minimum absolute atomic E-state index is 0.0199. The number of carbonyl (C=O) groups excluding carboxylic acids is 2. The van der Waals surface area contributed by atoms with Gasteiger partial charge in [0, 0.05) is 19.0 Å². The van der Waals surface area contributed by atoms with E-state index < -0.39 is 16.7 Å². The highest BCUT2D eigenvalue weighted by Crippen LogP contribution is 2.29. The summed E-state index contributed by atoms with van der Waals surface area (Å²) in [7, 11) is 3.77. The maximum absolute atomic E-state index is 12.3. The van der Waals surface area contributed by atoms with Crippen molar-refractivity contribution in [2.45, 2.75) is 19.4 Å². The molecule has 1 unspecified atom stereocenters. The molecule has 0 spiro atoms. The summed E-state index contributed by atoms with van der Waals surface area (Å²) in [6.45, 7) is 2.57. The zero-order chi connectivity index (χ0) is 21.8. The van der Waals surface area contributed by atoms with E-state index in [1.807, 2.05) is 31.1 Å². The van der Waals surface area contributed by atoms with Gasteiger partial charge in [0.15, 0.2) is 0 Å². The largest absolute Gasteiger partial charge is 0.493 e. The Balaban J connectivity index is 1.66. The number of nitrogens with zero attached hydrogens (tertiary/aromatic N) is 2. The number of amides is 2. The van der Waals surface area contributed by atoms with Crippen LogP contribution in [0.2, 0.25) is 0 Å². The molecule has 2 amide bonds. The van der Waals surface area contributed by atoms with Crippen molar-refractivity contribution in [2.75, 3.05) is 32.6 Å². The quantitative estimate of drug-likeness (QED) is 0.427. The van der Waals surface area contributed by atoms with E-state index in [1.54, 1.807) is 13.0 Å². The van der Waals surface area contributed by atoms with Gasteiger partial charge in [0.1, 0.15) is 11.4 Å². The van der Waals surface area contributed by atoms with E-state index in [0.29, 0.717) is 12.2 Å². The van der Waals surface area contributed by atoms with E-state index >= 15 is 0 Å². The molecule has 2 aromatic rings. The van der Waals surface area contributed by atoms with Crippen molar-refractivity contribution >= 4 is 23.2 Å². The molecule has 0 bridgehead atoms. The second-order valence-corrected chi connectivity index (χ2v) is 7.39. The number of ether oxygens (including phenoxy) is 1. The van der Waals surface area contributed by atoms with Crippen molar-refractivity contribution in [3.05, 3.63) is 63.2 Å². The summed E-state index contributed by atoms with van der Waals surface area (Å²) in [5.41, 5.74) is 2.52. The molecule has 9 heteroatoms. The summed E-state index contributed by atoms with van der Waals surface area (Å²) in [5.74, 6) is -0.942. The van der Waals surface area contributed by atoms with Gasteiger partial charge in [0.05, 0.1) is 17.6 Å². The number of nitrogens with one attached hydrogen (secondary N) is 2. The van der Waals surface area contributed by atoms with Crippen molar-refractivity contribution in [3.8, 4) is 5.75 Å². The lowest BCUT2D eigenvalue weighted by Gasteiger charge is -2.25. The fourth-order valence-electron chi connectivity index (χ4n) is 3.36. The first-order chi connectivity index (χ1) is 14.3. The van der Waals surface area contributed by atoms with Crippen LogP contribution in [0.4, 0.5) is 11.4 Å². The van der Waals surface area contributed by atoms with E-state index in [4.69, 9.17) is 4.74 Å². The van der Waals surface area contributed by atoms with Crippen LogP contribution in [0.3, 0.4) is 0 Å². The highest BCUT2D eigenvalue weighted by molar-refractivity contribution is 6.39. The number of fused-ring (bicyclic) bond motifs is 1. The lowest BCUT2D eigenvalue weighted by Crippen LogP contribution is -2.40. The lowest BCUT2D eigenvalue weighted by atomic mass is 10.0. The zero-order valence-electron chi connectivity index (χ0n) is 17.1. The van der Waals surface area contributed by atoms with Gasteiger partial charge < -0.3 is 20.3 Å². The molecule has 2 aromatic carbocycles. The second-order valence-electron chi connectivity index (χ2n) is 7.39. The van der Waals surface area contributed by atoms with Crippen molar-refractivity contribution < 1.29 is 19.2 Å². The Kier molecular flexibility index (Phi) is 6.31. The number of nitro groups is 1. The number of hydrogen-bond acceptors (Lipinski definition) is 6. The summed E-state index contributed by atoms with van der Waals surface area (Å²) >= 11 is 0. The normalized spacial score (nSPS) is 13.3. The maximum Gasteiger partial charge on any atom is 0.313 e. The molecular formula is C21H24N4O5. The Morgan fingerprint density at radius 2 is 1.97 bits per heavy atom. The third-order valence-corrected chi connectivity index (χ3v) is 4.98. The minimum Gasteiger partial charge on any atom is -0.493 e. The zero-order valence-corrected chi connectivity index (χ0v) is 17.1. The summed E-state index contributed by atoms with van der Waals surface area (Å²) < 4.78 is 5.53. The van der Waals surface area contributed by atoms with Crippen molar-refractivity contribution in [3.63, 3.8) is 0 Å². The van der Waals surface area contributed by atoms with Crippen LogP contribution in [0.1, 0.15) is 22.7 Å². The molecule has 1 aliphatic rings. The molecule has 0 radical (unpaired) electrons. The Labute approximate surface area is 174 Å². The van der Waals surface area contributed by atoms with Gasteiger partial charge in [-0.2, -0.15) is 0 Å². The SMILES string of the molecule is Cc1ccc(NC(=O)C(=O)NCC(c2ccc3c(c2)CCO3)N(C)C)c([N+](=O)[O-])c1. The minimum atomic E-state index is -0.957. The van der Waals surface area contributed by atoms with Crippen LogP contribution in [0, 0.1) is 17.0 Å². The number of benzene rings is 2. The molecular weight excluding hydrogens is 388 g/mol. The van der Waals surface area contributed by atoms with Gasteiger partial charge >= 0.3 is 11.8 Å². The first kappa shape index (κ1) is 21.3. The topological polar surface area (TPSA) is 114 Å². The summed E-state index contributed by atoms with van der Waals surface area (Å²) in [6, 6.07) is 10.1. The van der Waals surface area contributed by atoms with Crippen LogP contribution in [-0.4, -0.2) is 48.9 Å². The fraction of sp³-hybridized carbons (Fsp3) is 0.333. The molecule has 1 heterocycles. The predicted molar refractivity (Wildman–Crippen MR) is 112 cm³/mol. The van der Waals surface area contributed by atoms with Gasteiger partial charge in [-0.05, 0) is 49.8 Å². The van der Waals surface area contributed by atoms with Gasteiger partial charge in [-0.15, -0.1) is 0 Å². The van der Waals surface area contributed by atoms with E-state index in [2.05, 4.69) is 16.7 Å². The Morgan fingerprint density at radius 3 is 2.67 bits per heavy atom. The Morgan fingerprint density at radius 1 is 1.20 bits per heavy atom. The molecule has 0 aliphatic carbocycles. The fourth-order valence-corrected chi connectivity index (χ4v) is 3.36. The summed E-state index contributed by atoms with van der Waals surface area (Å²) in [4.78, 5) is 37.1. The van der Waals surface area contributed by atoms with E-state index in [0.717, 1.165) is 23.3 Å². The third kappa shape index (κ3) is 4.74. The van der Waals surface area contributed by atoms with E-state index in [9.17, 15) is 19.7 Å². The monoisotopic (exact) mass is 412 g/mol. The third-order valence-electron chi connectivity index (χ3n) is 4.98. The standard InChI is InChI=1S/C21H24N4O5/c1-13-4-6-16(17(10-13)25(28)29)23-21(27)20(26)22-12-18(24(2)3)14-5-7-19-15(11-14)8-9-30-19/h4-7,10-11,18H,8-9,12H2,1-3H3,(H,22,26)(H,23,27). The van der Waals surface area contributed by atoms with Crippen LogP contribution < -0.4 is 15.4 Å². The maximum atomic E-state index is 12.3. The molecule has 9 nitrogen and oxygen atoms in total. The molecule has 30 heavy (non-hydrogen) atoms. The first-order valence-corrected chi connectivity index (χ1v) is 9.52. The first-order valence-electron chi connectivity index (χ1n) is 9.52. The van der Waals surface area contributed by atoms with Crippen molar-refractivity contribution in [1.29, 1.82) is 0 Å². The van der Waals surface area contributed by atoms with Crippen molar-refractivity contribution in [1.82, 2.24) is 10.2 Å². The molecule has 0 saturated heterocycles. The van der Waals surface area contributed by atoms with Crippen molar-refractivity contribution in [2.24, 2.45) is 0 Å². The molecule has 3 rings (SSSR count). The lowest BCUT2D eigenvalue weighted by molar-refractivity contribution is -0.384. The van der Waals surface area contributed by atoms with Crippen LogP contribution in [0.5, 0.6) is 5.75 Å². The number of rotatable bonds is 6. The highest BCUT2D eigenvalue weighted by atomic mass is 16.6. The average molecular weight is 412 g/mol. The van der Waals surface area contributed by atoms with E-state index in [-0.39, 0.29) is 24.0 Å². The molecule has 1 atom stereocenters. The number of aryl methyl sites for hydroxylation is 1. The van der Waals surface area contributed by atoms with Gasteiger partial charge in [-0.25, -0.2) is 0 Å². The van der Waals surface area contributed by atoms with Crippen LogP contribution >= 0.6 is 0 Å². The number of carbonyl (C=O) groups is 2. The molecule has 2 N–H and O–H groups in total. The van der Waals surface area contributed by atoms with Crippen LogP contribution in [0.25, 0.3) is 0 Å². The molecule has 158 valence electrons. The van der Waals surface area contributed by atoms with Crippen LogP contribution in [-0.2, 0) is 16.0 Å². The van der Waals surface area contributed by atoms with Gasteiger partial charge in [0.25, 0.3) is 5.69 Å². The van der Waals surface area contributed by atoms with Gasteiger partial charge in [-0.1, -0.05) is 18.2 Å². The summed E-state index contributed by atoms with van der Waals surface area (Å²) in [5, 5.41) is 16.1. The Hall–Kier alpha value is -3.46. The highest BCUT2D eigenvalue weighted by Gasteiger charge is 2.23. The average Bonchev–Trinajstić information content (AvgIpc) is 3.16.